The van der Waals surface area contributed by atoms with Crippen molar-refractivity contribution >= 4 is 11.8 Å². The Balaban J connectivity index is 2.87. The number of para-hydroxylation sites is 2. The number of carbonyl (C=O) groups excluding carboxylic acids is 1. The average Bonchev–Trinajstić information content (AvgIpc) is 2.18. The molecule has 0 radical (unpaired) electrons. The third-order valence-corrected chi connectivity index (χ3v) is 1.73. The smallest absolute Gasteiger partial charge is 0.411 e. The van der Waals surface area contributed by atoms with Gasteiger partial charge in [-0.15, -0.1) is 0 Å². The summed E-state index contributed by atoms with van der Waals surface area (Å²) in [6.07, 6.45) is -0.509. The topological polar surface area (TPSA) is 47.6 Å². The Labute approximate surface area is 95.6 Å². The Morgan fingerprint density at radius 3 is 2.44 bits per heavy atom. The van der Waals surface area contributed by atoms with Crippen molar-refractivity contribution in [1.29, 1.82) is 0 Å². The summed E-state index contributed by atoms with van der Waals surface area (Å²) in [6.45, 7) is 5.84. The van der Waals surface area contributed by atoms with E-state index in [1.165, 1.54) is 7.11 Å². The number of ether oxygens (including phenoxy) is 2. The van der Waals surface area contributed by atoms with E-state index in [1.54, 1.807) is 12.1 Å². The zero-order chi connectivity index (χ0) is 12.2. The predicted octanol–water partition coefficient (Wildman–Crippen LogP) is 3.04. The monoisotopic (exact) mass is 223 g/mol. The highest BCUT2D eigenvalue weighted by molar-refractivity contribution is 5.86. The van der Waals surface area contributed by atoms with Crippen molar-refractivity contribution in [2.75, 3.05) is 12.4 Å². The number of benzene rings is 1. The second-order valence-corrected chi connectivity index (χ2v) is 4.33. The van der Waals surface area contributed by atoms with Crippen LogP contribution in [0.5, 0.6) is 5.75 Å². The molecule has 0 saturated carbocycles. The number of methoxy groups -OCH3 is 1. The fourth-order valence-electron chi connectivity index (χ4n) is 1.15. The van der Waals surface area contributed by atoms with Crippen molar-refractivity contribution in [3.05, 3.63) is 24.3 Å². The Kier molecular flexibility index (Phi) is 3.77. The van der Waals surface area contributed by atoms with E-state index in [4.69, 9.17) is 4.74 Å². The molecule has 1 rings (SSSR count). The van der Waals surface area contributed by atoms with Gasteiger partial charge in [-0.05, 0) is 32.9 Å². The van der Waals surface area contributed by atoms with Gasteiger partial charge < -0.3 is 9.47 Å². The summed E-state index contributed by atoms with van der Waals surface area (Å²) in [4.78, 5) is 11.1. The average molecular weight is 223 g/mol. The van der Waals surface area contributed by atoms with Crippen molar-refractivity contribution in [2.24, 2.45) is 0 Å². The maximum absolute atomic E-state index is 11.1. The van der Waals surface area contributed by atoms with E-state index in [2.05, 4.69) is 10.1 Å². The van der Waals surface area contributed by atoms with Crippen molar-refractivity contribution in [1.82, 2.24) is 0 Å². The first-order valence-electron chi connectivity index (χ1n) is 5.05. The highest BCUT2D eigenvalue weighted by Gasteiger charge is 2.15. The molecule has 0 unspecified atom stereocenters. The quantitative estimate of drug-likeness (QED) is 0.838. The molecule has 88 valence electrons. The molecule has 0 aliphatic carbocycles. The molecule has 0 saturated heterocycles. The van der Waals surface area contributed by atoms with Crippen molar-refractivity contribution < 1.29 is 14.3 Å². The molecule has 1 aromatic carbocycles. The van der Waals surface area contributed by atoms with Gasteiger partial charge in [-0.2, -0.15) is 0 Å². The number of hydrogen-bond acceptors (Lipinski definition) is 3. The van der Waals surface area contributed by atoms with Gasteiger partial charge in [0.05, 0.1) is 12.8 Å². The first-order valence-corrected chi connectivity index (χ1v) is 5.05. The molecular formula is C12H17NO3. The molecular weight excluding hydrogens is 206 g/mol. The van der Waals surface area contributed by atoms with Gasteiger partial charge in [0.2, 0.25) is 0 Å². The van der Waals surface area contributed by atoms with Crippen LogP contribution < -0.4 is 10.1 Å². The fraction of sp³-hybridized carbons (Fsp3) is 0.417. The SMILES string of the molecule is COC(=O)Nc1ccccc1OC(C)(C)C. The van der Waals surface area contributed by atoms with Crippen LogP contribution >= 0.6 is 0 Å². The van der Waals surface area contributed by atoms with Gasteiger partial charge in [0.1, 0.15) is 11.4 Å². The lowest BCUT2D eigenvalue weighted by Gasteiger charge is -2.23. The van der Waals surface area contributed by atoms with E-state index in [-0.39, 0.29) is 5.60 Å². The van der Waals surface area contributed by atoms with Crippen LogP contribution in [0, 0.1) is 0 Å². The van der Waals surface area contributed by atoms with Gasteiger partial charge in [0.25, 0.3) is 0 Å². The molecule has 4 heteroatoms. The van der Waals surface area contributed by atoms with Gasteiger partial charge in [-0.25, -0.2) is 4.79 Å². The van der Waals surface area contributed by atoms with Crippen LogP contribution in [0.2, 0.25) is 0 Å². The summed E-state index contributed by atoms with van der Waals surface area (Å²) in [5, 5.41) is 2.60. The molecule has 0 atom stereocenters. The molecule has 4 nitrogen and oxygen atoms in total. The van der Waals surface area contributed by atoms with Crippen molar-refractivity contribution in [3.8, 4) is 5.75 Å². The van der Waals surface area contributed by atoms with Crippen LogP contribution in [-0.4, -0.2) is 18.8 Å². The number of amides is 1. The van der Waals surface area contributed by atoms with Crippen molar-refractivity contribution in [3.63, 3.8) is 0 Å². The standard InChI is InChI=1S/C12H17NO3/c1-12(2,3)16-10-8-6-5-7-9(10)13-11(14)15-4/h5-8H,1-4H3,(H,13,14). The molecule has 1 N–H and O–H groups in total. The zero-order valence-electron chi connectivity index (χ0n) is 10.0. The summed E-state index contributed by atoms with van der Waals surface area (Å²) in [5.41, 5.74) is 0.290. The van der Waals surface area contributed by atoms with E-state index in [0.717, 1.165) is 0 Å². The van der Waals surface area contributed by atoms with Gasteiger partial charge in [0.15, 0.2) is 0 Å². The number of rotatable bonds is 2. The molecule has 0 bridgehead atoms. The highest BCUT2D eigenvalue weighted by atomic mass is 16.5. The zero-order valence-corrected chi connectivity index (χ0v) is 10.0. The number of nitrogens with one attached hydrogen (secondary N) is 1. The molecule has 0 heterocycles. The molecule has 0 spiro atoms. The summed E-state index contributed by atoms with van der Waals surface area (Å²) in [5.74, 6) is 0.625. The summed E-state index contributed by atoms with van der Waals surface area (Å²) < 4.78 is 10.2. The van der Waals surface area contributed by atoms with E-state index in [9.17, 15) is 4.79 Å². The summed E-state index contributed by atoms with van der Waals surface area (Å²) in [7, 11) is 1.32. The minimum absolute atomic E-state index is 0.312. The van der Waals surface area contributed by atoms with E-state index in [1.807, 2.05) is 32.9 Å². The number of carbonyl (C=O) groups is 1. The van der Waals surface area contributed by atoms with Crippen LogP contribution in [0.1, 0.15) is 20.8 Å². The van der Waals surface area contributed by atoms with Crippen LogP contribution in [0.25, 0.3) is 0 Å². The second-order valence-electron chi connectivity index (χ2n) is 4.33. The number of anilines is 1. The Morgan fingerprint density at radius 1 is 1.25 bits per heavy atom. The highest BCUT2D eigenvalue weighted by Crippen LogP contribution is 2.27. The van der Waals surface area contributed by atoms with Gasteiger partial charge in [0, 0.05) is 0 Å². The Bertz CT molecular complexity index is 369. The summed E-state index contributed by atoms with van der Waals surface area (Å²) >= 11 is 0. The third-order valence-electron chi connectivity index (χ3n) is 1.73. The molecule has 16 heavy (non-hydrogen) atoms. The lowest BCUT2D eigenvalue weighted by molar-refractivity contribution is 0.131. The van der Waals surface area contributed by atoms with Crippen LogP contribution in [0.15, 0.2) is 24.3 Å². The van der Waals surface area contributed by atoms with Gasteiger partial charge in [-0.3, -0.25) is 5.32 Å². The maximum atomic E-state index is 11.1. The van der Waals surface area contributed by atoms with Crippen molar-refractivity contribution in [2.45, 2.75) is 26.4 Å². The fourth-order valence-corrected chi connectivity index (χ4v) is 1.15. The minimum Gasteiger partial charge on any atom is -0.486 e. The first kappa shape index (κ1) is 12.4. The van der Waals surface area contributed by atoms with E-state index < -0.39 is 6.09 Å². The largest absolute Gasteiger partial charge is 0.486 e. The van der Waals surface area contributed by atoms with E-state index in [0.29, 0.717) is 11.4 Å². The Morgan fingerprint density at radius 2 is 1.88 bits per heavy atom. The van der Waals surface area contributed by atoms with Crippen LogP contribution in [-0.2, 0) is 4.74 Å². The van der Waals surface area contributed by atoms with Crippen LogP contribution in [0.4, 0.5) is 10.5 Å². The first-order chi connectivity index (χ1) is 7.42. The van der Waals surface area contributed by atoms with Gasteiger partial charge >= 0.3 is 6.09 Å². The maximum Gasteiger partial charge on any atom is 0.411 e. The third kappa shape index (κ3) is 3.81. The molecule has 0 aromatic heterocycles. The molecule has 0 fully saturated rings. The second kappa shape index (κ2) is 4.88. The lowest BCUT2D eigenvalue weighted by Crippen LogP contribution is -2.24. The lowest BCUT2D eigenvalue weighted by atomic mass is 10.2. The molecule has 1 amide bonds. The molecule has 1 aromatic rings. The molecule has 0 aliphatic heterocycles. The normalized spacial score (nSPS) is 10.8. The number of hydrogen-bond donors (Lipinski definition) is 1. The molecule has 0 aliphatic rings. The van der Waals surface area contributed by atoms with Gasteiger partial charge in [-0.1, -0.05) is 12.1 Å². The summed E-state index contributed by atoms with van der Waals surface area (Å²) in [6, 6.07) is 7.23. The predicted molar refractivity (Wildman–Crippen MR) is 62.9 cm³/mol. The van der Waals surface area contributed by atoms with Crippen LogP contribution in [0.3, 0.4) is 0 Å². The minimum atomic E-state index is -0.509. The van der Waals surface area contributed by atoms with E-state index >= 15 is 0 Å². The Hall–Kier alpha value is -1.71.